The van der Waals surface area contributed by atoms with Crippen molar-refractivity contribution >= 4 is 5.91 Å². The highest BCUT2D eigenvalue weighted by molar-refractivity contribution is 5.81. The molecule has 0 spiro atoms. The lowest BCUT2D eigenvalue weighted by atomic mass is 9.87. The van der Waals surface area contributed by atoms with Crippen LogP contribution in [0.2, 0.25) is 0 Å². The average Bonchev–Trinajstić information content (AvgIpc) is 2.81. The molecule has 0 radical (unpaired) electrons. The molecule has 2 N–H and O–H groups in total. The standard InChI is InChI=1S/C15H28N2O/c1-11-6-5-9-14(10-11)16-12(2)15(18)17-13-7-3-4-8-13/h11-14,16H,3-10H2,1-2H3,(H,17,18). The van der Waals surface area contributed by atoms with Crippen LogP contribution in [-0.4, -0.2) is 24.0 Å². The first kappa shape index (κ1) is 13.9. The van der Waals surface area contributed by atoms with Crippen molar-refractivity contribution in [3.63, 3.8) is 0 Å². The molecule has 1 amide bonds. The summed E-state index contributed by atoms with van der Waals surface area (Å²) in [6, 6.07) is 0.936. The Kier molecular flexibility index (Phi) is 5.04. The van der Waals surface area contributed by atoms with Gasteiger partial charge >= 0.3 is 0 Å². The van der Waals surface area contributed by atoms with Crippen molar-refractivity contribution in [2.75, 3.05) is 0 Å². The van der Waals surface area contributed by atoms with Gasteiger partial charge in [-0.3, -0.25) is 4.79 Å². The van der Waals surface area contributed by atoms with E-state index < -0.39 is 0 Å². The maximum absolute atomic E-state index is 12.1. The highest BCUT2D eigenvalue weighted by Crippen LogP contribution is 2.24. The lowest BCUT2D eigenvalue weighted by molar-refractivity contribution is -0.123. The van der Waals surface area contributed by atoms with Crippen molar-refractivity contribution in [2.24, 2.45) is 5.92 Å². The molecule has 2 saturated carbocycles. The Morgan fingerprint density at radius 3 is 2.39 bits per heavy atom. The van der Waals surface area contributed by atoms with E-state index in [4.69, 9.17) is 0 Å². The SMILES string of the molecule is CC1CCCC(NC(C)C(=O)NC2CCCC2)C1. The Labute approximate surface area is 111 Å². The average molecular weight is 252 g/mol. The van der Waals surface area contributed by atoms with Crippen LogP contribution in [0.4, 0.5) is 0 Å². The van der Waals surface area contributed by atoms with Gasteiger partial charge in [0.15, 0.2) is 0 Å². The number of amides is 1. The Bertz CT molecular complexity index is 274. The molecule has 0 aromatic carbocycles. The number of hydrogen-bond donors (Lipinski definition) is 2. The third kappa shape index (κ3) is 3.98. The second-order valence-electron chi connectivity index (χ2n) is 6.35. The summed E-state index contributed by atoms with van der Waals surface area (Å²) in [7, 11) is 0. The smallest absolute Gasteiger partial charge is 0.237 e. The van der Waals surface area contributed by atoms with Gasteiger partial charge in [0.2, 0.25) is 5.91 Å². The van der Waals surface area contributed by atoms with Gasteiger partial charge in [0.1, 0.15) is 0 Å². The summed E-state index contributed by atoms with van der Waals surface area (Å²) in [6.07, 6.45) is 9.97. The van der Waals surface area contributed by atoms with Crippen LogP contribution in [0.5, 0.6) is 0 Å². The Morgan fingerprint density at radius 1 is 1.06 bits per heavy atom. The quantitative estimate of drug-likeness (QED) is 0.807. The zero-order chi connectivity index (χ0) is 13.0. The first-order chi connectivity index (χ1) is 8.65. The van der Waals surface area contributed by atoms with Crippen LogP contribution < -0.4 is 10.6 Å². The van der Waals surface area contributed by atoms with E-state index in [-0.39, 0.29) is 11.9 Å². The Balaban J connectivity index is 1.72. The second-order valence-corrected chi connectivity index (χ2v) is 6.35. The van der Waals surface area contributed by atoms with E-state index in [0.717, 1.165) is 5.92 Å². The van der Waals surface area contributed by atoms with Gasteiger partial charge in [-0.25, -0.2) is 0 Å². The summed E-state index contributed by atoms with van der Waals surface area (Å²) in [6.45, 7) is 4.32. The fourth-order valence-corrected chi connectivity index (χ4v) is 3.41. The fourth-order valence-electron chi connectivity index (χ4n) is 3.41. The largest absolute Gasteiger partial charge is 0.352 e. The number of nitrogens with one attached hydrogen (secondary N) is 2. The van der Waals surface area contributed by atoms with Gasteiger partial charge in [0.25, 0.3) is 0 Å². The fraction of sp³-hybridized carbons (Fsp3) is 0.933. The molecule has 3 atom stereocenters. The van der Waals surface area contributed by atoms with E-state index >= 15 is 0 Å². The van der Waals surface area contributed by atoms with Crippen LogP contribution in [0, 0.1) is 5.92 Å². The van der Waals surface area contributed by atoms with E-state index in [9.17, 15) is 4.79 Å². The van der Waals surface area contributed by atoms with Gasteiger partial charge in [-0.05, 0) is 38.5 Å². The van der Waals surface area contributed by atoms with Crippen LogP contribution in [0.1, 0.15) is 65.2 Å². The molecule has 3 unspecified atom stereocenters. The zero-order valence-corrected chi connectivity index (χ0v) is 11.9. The van der Waals surface area contributed by atoms with Gasteiger partial charge in [-0.1, -0.05) is 32.6 Å². The van der Waals surface area contributed by atoms with Crippen LogP contribution in [-0.2, 0) is 4.79 Å². The molecule has 3 nitrogen and oxygen atoms in total. The zero-order valence-electron chi connectivity index (χ0n) is 11.9. The molecule has 2 aliphatic rings. The maximum atomic E-state index is 12.1. The Morgan fingerprint density at radius 2 is 1.72 bits per heavy atom. The number of rotatable bonds is 4. The molecule has 2 rings (SSSR count). The monoisotopic (exact) mass is 252 g/mol. The van der Waals surface area contributed by atoms with E-state index in [1.54, 1.807) is 0 Å². The van der Waals surface area contributed by atoms with Crippen LogP contribution in [0.3, 0.4) is 0 Å². The number of hydrogen-bond acceptors (Lipinski definition) is 2. The Hall–Kier alpha value is -0.570. The summed E-state index contributed by atoms with van der Waals surface area (Å²) in [5.41, 5.74) is 0. The minimum Gasteiger partial charge on any atom is -0.352 e. The van der Waals surface area contributed by atoms with E-state index in [1.165, 1.54) is 51.4 Å². The van der Waals surface area contributed by atoms with Gasteiger partial charge in [0.05, 0.1) is 6.04 Å². The van der Waals surface area contributed by atoms with Gasteiger partial charge in [0, 0.05) is 12.1 Å². The lowest BCUT2D eigenvalue weighted by Crippen LogP contribution is -2.49. The summed E-state index contributed by atoms with van der Waals surface area (Å²) in [5.74, 6) is 1.00. The molecule has 0 saturated heterocycles. The molecular weight excluding hydrogens is 224 g/mol. The maximum Gasteiger partial charge on any atom is 0.237 e. The van der Waals surface area contributed by atoms with Crippen molar-refractivity contribution in [2.45, 2.75) is 83.3 Å². The van der Waals surface area contributed by atoms with Crippen molar-refractivity contribution in [3.8, 4) is 0 Å². The van der Waals surface area contributed by atoms with Gasteiger partial charge < -0.3 is 10.6 Å². The molecule has 0 aromatic heterocycles. The summed E-state index contributed by atoms with van der Waals surface area (Å²) >= 11 is 0. The highest BCUT2D eigenvalue weighted by Gasteiger charge is 2.24. The number of carbonyl (C=O) groups excluding carboxylic acids is 1. The topological polar surface area (TPSA) is 41.1 Å². The molecule has 0 aliphatic heterocycles. The predicted octanol–water partition coefficient (Wildman–Crippen LogP) is 2.60. The third-order valence-corrected chi connectivity index (χ3v) is 4.52. The predicted molar refractivity (Wildman–Crippen MR) is 74.4 cm³/mol. The molecule has 0 bridgehead atoms. The van der Waals surface area contributed by atoms with Gasteiger partial charge in [-0.2, -0.15) is 0 Å². The van der Waals surface area contributed by atoms with Crippen LogP contribution in [0.25, 0.3) is 0 Å². The molecule has 3 heteroatoms. The van der Waals surface area contributed by atoms with Crippen molar-refractivity contribution in [1.82, 2.24) is 10.6 Å². The first-order valence-corrected chi connectivity index (χ1v) is 7.71. The minimum absolute atomic E-state index is 0.0408. The normalized spacial score (nSPS) is 31.2. The van der Waals surface area contributed by atoms with E-state index in [0.29, 0.717) is 12.1 Å². The molecular formula is C15H28N2O. The van der Waals surface area contributed by atoms with Crippen molar-refractivity contribution in [1.29, 1.82) is 0 Å². The summed E-state index contributed by atoms with van der Waals surface area (Å²) in [5, 5.41) is 6.69. The van der Waals surface area contributed by atoms with Crippen LogP contribution >= 0.6 is 0 Å². The molecule has 18 heavy (non-hydrogen) atoms. The van der Waals surface area contributed by atoms with Crippen molar-refractivity contribution in [3.05, 3.63) is 0 Å². The summed E-state index contributed by atoms with van der Waals surface area (Å²) in [4.78, 5) is 12.1. The van der Waals surface area contributed by atoms with Crippen molar-refractivity contribution < 1.29 is 4.79 Å². The minimum atomic E-state index is -0.0408. The second kappa shape index (κ2) is 6.55. The number of carbonyl (C=O) groups is 1. The molecule has 2 fully saturated rings. The summed E-state index contributed by atoms with van der Waals surface area (Å²) < 4.78 is 0. The molecule has 0 aromatic rings. The molecule has 104 valence electrons. The third-order valence-electron chi connectivity index (χ3n) is 4.52. The molecule has 2 aliphatic carbocycles. The first-order valence-electron chi connectivity index (χ1n) is 7.71. The van der Waals surface area contributed by atoms with Gasteiger partial charge in [-0.15, -0.1) is 0 Å². The highest BCUT2D eigenvalue weighted by atomic mass is 16.2. The van der Waals surface area contributed by atoms with Crippen LogP contribution in [0.15, 0.2) is 0 Å². The lowest BCUT2D eigenvalue weighted by Gasteiger charge is -2.30. The molecule has 0 heterocycles. The van der Waals surface area contributed by atoms with E-state index in [1.807, 2.05) is 6.92 Å². The van der Waals surface area contributed by atoms with E-state index in [2.05, 4.69) is 17.6 Å².